The molecule has 0 saturated heterocycles. The van der Waals surface area contributed by atoms with Crippen LogP contribution < -0.4 is 4.57 Å². The number of aryl methyl sites for hydroxylation is 3. The minimum Gasteiger partial charge on any atom is -0.224 e. The maximum Gasteiger partial charge on any atom is 0.294 e. The predicted octanol–water partition coefficient (Wildman–Crippen LogP) is 5.99. The number of hydrogen-bond donors (Lipinski definition) is 0. The van der Waals surface area contributed by atoms with Crippen LogP contribution in [0.1, 0.15) is 61.8 Å². The zero-order valence-corrected chi connectivity index (χ0v) is 17.5. The van der Waals surface area contributed by atoms with Crippen LogP contribution in [0.3, 0.4) is 0 Å². The molecule has 0 amide bonds. The van der Waals surface area contributed by atoms with Crippen molar-refractivity contribution in [2.24, 2.45) is 0 Å². The first-order valence-corrected chi connectivity index (χ1v) is 10.3. The molecule has 27 heavy (non-hydrogen) atoms. The van der Waals surface area contributed by atoms with Crippen LogP contribution in [0, 0.1) is 20.8 Å². The average molecular weight is 360 g/mol. The van der Waals surface area contributed by atoms with Crippen molar-refractivity contribution in [3.05, 3.63) is 71.0 Å². The van der Waals surface area contributed by atoms with Gasteiger partial charge in [0.25, 0.3) is 5.82 Å². The third-order valence-electron chi connectivity index (χ3n) is 6.88. The van der Waals surface area contributed by atoms with Crippen LogP contribution in [0.25, 0.3) is 17.1 Å². The van der Waals surface area contributed by atoms with Crippen LogP contribution in [0.15, 0.2) is 48.8 Å². The Morgan fingerprint density at radius 3 is 2.26 bits per heavy atom. The molecule has 1 aromatic heterocycles. The number of nitrogens with zero attached hydrogens (tertiary/aromatic N) is 2. The first-order valence-electron chi connectivity index (χ1n) is 10.3. The van der Waals surface area contributed by atoms with E-state index in [1.807, 2.05) is 0 Å². The topological polar surface area (TPSA) is 8.81 Å². The minimum atomic E-state index is 0.126. The summed E-state index contributed by atoms with van der Waals surface area (Å²) in [6.45, 7) is 13.7. The van der Waals surface area contributed by atoms with Gasteiger partial charge in [-0.2, -0.15) is 4.57 Å². The number of rotatable bonds is 3. The van der Waals surface area contributed by atoms with E-state index in [2.05, 4.69) is 99.5 Å². The van der Waals surface area contributed by atoms with Crippen molar-refractivity contribution in [1.82, 2.24) is 4.57 Å². The van der Waals surface area contributed by atoms with E-state index in [1.54, 1.807) is 0 Å². The Morgan fingerprint density at radius 1 is 1.00 bits per heavy atom. The smallest absolute Gasteiger partial charge is 0.224 e. The normalized spacial score (nSPS) is 17.5. The second-order valence-corrected chi connectivity index (χ2v) is 8.23. The van der Waals surface area contributed by atoms with E-state index in [0.29, 0.717) is 5.92 Å². The van der Waals surface area contributed by atoms with Crippen LogP contribution in [0.5, 0.6) is 0 Å². The van der Waals surface area contributed by atoms with Crippen LogP contribution >= 0.6 is 0 Å². The maximum absolute atomic E-state index is 2.57. The van der Waals surface area contributed by atoms with Gasteiger partial charge in [-0.05, 0) is 56.4 Å². The van der Waals surface area contributed by atoms with E-state index in [1.165, 1.54) is 39.3 Å². The molecule has 0 aliphatic carbocycles. The summed E-state index contributed by atoms with van der Waals surface area (Å²) in [6.07, 6.45) is 6.85. The molecule has 0 radical (unpaired) electrons. The lowest BCUT2D eigenvalue weighted by atomic mass is 9.72. The number of hydrogen-bond acceptors (Lipinski definition) is 0. The molecule has 0 fully saturated rings. The number of imidazole rings is 1. The summed E-state index contributed by atoms with van der Waals surface area (Å²) in [7, 11) is 0. The van der Waals surface area contributed by atoms with Crippen molar-refractivity contribution in [3.8, 4) is 17.1 Å². The highest BCUT2D eigenvalue weighted by Gasteiger charge is 2.48. The van der Waals surface area contributed by atoms with Crippen LogP contribution in [0.4, 0.5) is 0 Å². The van der Waals surface area contributed by atoms with Crippen molar-refractivity contribution >= 4 is 0 Å². The summed E-state index contributed by atoms with van der Waals surface area (Å²) in [4.78, 5) is 0. The Morgan fingerprint density at radius 2 is 1.63 bits per heavy atom. The summed E-state index contributed by atoms with van der Waals surface area (Å²) in [6, 6.07) is 13.6. The van der Waals surface area contributed by atoms with Gasteiger partial charge in [0, 0.05) is 5.92 Å². The fraction of sp³-hybridized carbons (Fsp3) is 0.400. The largest absolute Gasteiger partial charge is 0.294 e. The van der Waals surface area contributed by atoms with E-state index in [0.717, 1.165) is 12.8 Å². The molecule has 2 aromatic carbocycles. The average Bonchev–Trinajstić information content (AvgIpc) is 3.07. The van der Waals surface area contributed by atoms with Crippen molar-refractivity contribution in [3.63, 3.8) is 0 Å². The molecule has 2 nitrogen and oxygen atoms in total. The molecule has 2 heterocycles. The summed E-state index contributed by atoms with van der Waals surface area (Å²) >= 11 is 0. The van der Waals surface area contributed by atoms with Crippen molar-refractivity contribution < 1.29 is 4.57 Å². The maximum atomic E-state index is 2.57. The molecule has 0 saturated carbocycles. The molecule has 4 rings (SSSR count). The van der Waals surface area contributed by atoms with Crippen LogP contribution in [-0.2, 0) is 5.54 Å². The molecule has 2 heteroatoms. The lowest BCUT2D eigenvalue weighted by molar-refractivity contribution is -0.761. The zero-order chi connectivity index (χ0) is 19.3. The molecule has 0 N–H and O–H groups in total. The van der Waals surface area contributed by atoms with E-state index >= 15 is 0 Å². The van der Waals surface area contributed by atoms with Crippen LogP contribution in [0.2, 0.25) is 0 Å². The second-order valence-electron chi connectivity index (χ2n) is 8.23. The van der Waals surface area contributed by atoms with Crippen LogP contribution in [-0.4, -0.2) is 4.57 Å². The zero-order valence-electron chi connectivity index (χ0n) is 17.5. The Hall–Kier alpha value is -2.35. The predicted molar refractivity (Wildman–Crippen MR) is 113 cm³/mol. The van der Waals surface area contributed by atoms with Gasteiger partial charge in [0.2, 0.25) is 0 Å². The van der Waals surface area contributed by atoms with Gasteiger partial charge >= 0.3 is 0 Å². The quantitative estimate of drug-likeness (QED) is 0.508. The Kier molecular flexibility index (Phi) is 4.25. The lowest BCUT2D eigenvalue weighted by Crippen LogP contribution is -2.61. The first kappa shape index (κ1) is 18.0. The second kappa shape index (κ2) is 6.37. The number of aromatic nitrogens is 2. The molecule has 1 unspecified atom stereocenters. The Balaban J connectivity index is 2.08. The molecule has 0 spiro atoms. The van der Waals surface area contributed by atoms with Gasteiger partial charge in [0.05, 0.1) is 5.56 Å². The monoisotopic (exact) mass is 359 g/mol. The highest BCUT2D eigenvalue weighted by Crippen LogP contribution is 2.45. The van der Waals surface area contributed by atoms with E-state index in [4.69, 9.17) is 0 Å². The third kappa shape index (κ3) is 2.42. The van der Waals surface area contributed by atoms with E-state index in [-0.39, 0.29) is 5.54 Å². The summed E-state index contributed by atoms with van der Waals surface area (Å²) < 4.78 is 4.99. The standard InChI is InChI=1S/C25H31N2/c1-7-25(8-2)20(6)21-11-9-10-12-22(21)24-26(13-14-27(24)25)23-18(4)15-17(3)16-19(23)5/h9-16,20H,7-8H2,1-6H3/q+1. The van der Waals surface area contributed by atoms with Gasteiger partial charge in [-0.15, -0.1) is 0 Å². The van der Waals surface area contributed by atoms with Crippen molar-refractivity contribution in [2.45, 2.75) is 65.8 Å². The highest BCUT2D eigenvalue weighted by molar-refractivity contribution is 5.65. The first-order chi connectivity index (χ1) is 12.9. The molecule has 1 atom stereocenters. The van der Waals surface area contributed by atoms with Gasteiger partial charge in [0.1, 0.15) is 23.6 Å². The van der Waals surface area contributed by atoms with E-state index in [9.17, 15) is 0 Å². The molecule has 3 aromatic rings. The van der Waals surface area contributed by atoms with E-state index < -0.39 is 0 Å². The highest BCUT2D eigenvalue weighted by atomic mass is 15.2. The van der Waals surface area contributed by atoms with Crippen molar-refractivity contribution in [2.75, 3.05) is 0 Å². The minimum absolute atomic E-state index is 0.126. The number of fused-ring (bicyclic) bond motifs is 3. The molecule has 1 aliphatic rings. The third-order valence-corrected chi connectivity index (χ3v) is 6.88. The SMILES string of the molecule is CCC1(CC)C(C)c2ccccc2-c2n(-c3c(C)cc(C)cc3C)cc[n+]21. The van der Waals surface area contributed by atoms with Gasteiger partial charge in [0.15, 0.2) is 0 Å². The fourth-order valence-electron chi connectivity index (χ4n) is 5.52. The number of benzene rings is 2. The summed E-state index contributed by atoms with van der Waals surface area (Å²) in [5, 5.41) is 0. The molecule has 0 bridgehead atoms. The van der Waals surface area contributed by atoms with Gasteiger partial charge < -0.3 is 0 Å². The molecule has 140 valence electrons. The fourth-order valence-corrected chi connectivity index (χ4v) is 5.52. The van der Waals surface area contributed by atoms with Crippen molar-refractivity contribution in [1.29, 1.82) is 0 Å². The molecular formula is C25H31N2+. The Bertz CT molecular complexity index is 982. The molecule has 1 aliphatic heterocycles. The lowest BCUT2D eigenvalue weighted by Gasteiger charge is -2.40. The van der Waals surface area contributed by atoms with Gasteiger partial charge in [-0.3, -0.25) is 0 Å². The van der Waals surface area contributed by atoms with Gasteiger partial charge in [-0.25, -0.2) is 4.57 Å². The molecular weight excluding hydrogens is 328 g/mol. The summed E-state index contributed by atoms with van der Waals surface area (Å²) in [5.41, 5.74) is 8.28. The van der Waals surface area contributed by atoms with Gasteiger partial charge in [-0.1, -0.05) is 56.7 Å². The summed E-state index contributed by atoms with van der Waals surface area (Å²) in [5.74, 6) is 1.82. The Labute approximate surface area is 163 Å².